The normalized spacial score (nSPS) is 12.0. The van der Waals surface area contributed by atoms with E-state index in [2.05, 4.69) is 15.5 Å². The number of para-hydroxylation sites is 1. The van der Waals surface area contributed by atoms with Gasteiger partial charge in [-0.25, -0.2) is 0 Å². The van der Waals surface area contributed by atoms with Crippen LogP contribution < -0.4 is 5.32 Å². The number of hydrogen-bond donors (Lipinski definition) is 1. The summed E-state index contributed by atoms with van der Waals surface area (Å²) in [5.41, 5.74) is 1.12. The number of amides is 1. The number of alkyl halides is 3. The Kier molecular flexibility index (Phi) is 5.19. The van der Waals surface area contributed by atoms with Crippen LogP contribution in [-0.2, 0) is 17.4 Å². The van der Waals surface area contributed by atoms with Crippen LogP contribution >= 0.6 is 11.8 Å². The second kappa shape index (κ2) is 7.67. The molecule has 0 aliphatic carbocycles. The number of carbonyl (C=O) groups is 1. The average molecular weight is 434 g/mol. The van der Waals surface area contributed by atoms with Crippen molar-refractivity contribution < 1.29 is 22.4 Å². The van der Waals surface area contributed by atoms with Crippen molar-refractivity contribution in [1.82, 2.24) is 14.6 Å². The first kappa shape index (κ1) is 20.3. The van der Waals surface area contributed by atoms with Gasteiger partial charge in [-0.1, -0.05) is 30.8 Å². The molecule has 10 heteroatoms. The third-order valence-electron chi connectivity index (χ3n) is 4.51. The number of hydrogen-bond acceptors (Lipinski definition) is 5. The molecule has 6 nitrogen and oxygen atoms in total. The fourth-order valence-corrected chi connectivity index (χ4v) is 3.98. The lowest BCUT2D eigenvalue weighted by atomic mass is 10.1. The van der Waals surface area contributed by atoms with Crippen LogP contribution in [0.15, 0.2) is 45.8 Å². The Morgan fingerprint density at radius 3 is 2.70 bits per heavy atom. The Morgan fingerprint density at radius 2 is 1.97 bits per heavy atom. The van der Waals surface area contributed by atoms with Gasteiger partial charge in [0.15, 0.2) is 5.58 Å². The molecule has 156 valence electrons. The first-order valence-corrected chi connectivity index (χ1v) is 10.1. The highest BCUT2D eigenvalue weighted by Gasteiger charge is 2.33. The summed E-state index contributed by atoms with van der Waals surface area (Å²) in [5.74, 6) is 0.828. The van der Waals surface area contributed by atoms with Gasteiger partial charge in [0.2, 0.25) is 5.91 Å². The summed E-state index contributed by atoms with van der Waals surface area (Å²) in [6.07, 6.45) is -3.90. The lowest BCUT2D eigenvalue weighted by molar-refractivity contribution is -0.137. The van der Waals surface area contributed by atoms with Crippen molar-refractivity contribution in [2.45, 2.75) is 31.5 Å². The molecular formula is C20H17F3N4O2S. The van der Waals surface area contributed by atoms with Crippen molar-refractivity contribution in [2.24, 2.45) is 0 Å². The Balaban J connectivity index is 1.57. The van der Waals surface area contributed by atoms with Crippen molar-refractivity contribution in [3.05, 3.63) is 53.5 Å². The van der Waals surface area contributed by atoms with Crippen LogP contribution in [0.2, 0.25) is 0 Å². The summed E-state index contributed by atoms with van der Waals surface area (Å²) in [5, 5.41) is 11.3. The van der Waals surface area contributed by atoms with Crippen molar-refractivity contribution in [2.75, 3.05) is 11.1 Å². The summed E-state index contributed by atoms with van der Waals surface area (Å²) in [6, 6.07) is 8.60. The van der Waals surface area contributed by atoms with Gasteiger partial charge in [0.05, 0.1) is 28.0 Å². The van der Waals surface area contributed by atoms with Gasteiger partial charge in [-0.05, 0) is 19.1 Å². The molecule has 0 radical (unpaired) electrons. The van der Waals surface area contributed by atoms with E-state index in [1.807, 2.05) is 30.4 Å². The molecule has 0 saturated heterocycles. The third-order valence-corrected chi connectivity index (χ3v) is 5.48. The van der Waals surface area contributed by atoms with E-state index >= 15 is 0 Å². The minimum atomic E-state index is -4.55. The molecule has 0 fully saturated rings. The van der Waals surface area contributed by atoms with Gasteiger partial charge in [0.1, 0.15) is 16.6 Å². The second-order valence-corrected chi connectivity index (χ2v) is 7.59. The van der Waals surface area contributed by atoms with Crippen LogP contribution in [-0.4, -0.2) is 26.3 Å². The molecule has 1 N–H and O–H groups in total. The lowest BCUT2D eigenvalue weighted by Crippen LogP contribution is -2.18. The molecule has 1 aromatic carbocycles. The van der Waals surface area contributed by atoms with Gasteiger partial charge in [-0.15, -0.1) is 10.2 Å². The van der Waals surface area contributed by atoms with E-state index in [1.165, 1.54) is 18.2 Å². The molecule has 4 rings (SSSR count). The fraction of sp³-hybridized carbons (Fsp3) is 0.250. The Morgan fingerprint density at radius 1 is 1.20 bits per heavy atom. The largest absolute Gasteiger partial charge is 0.460 e. The first-order valence-electron chi connectivity index (χ1n) is 9.14. The van der Waals surface area contributed by atoms with Crippen LogP contribution in [0.25, 0.3) is 16.6 Å². The minimum Gasteiger partial charge on any atom is -0.460 e. The topological polar surface area (TPSA) is 72.4 Å². The summed E-state index contributed by atoms with van der Waals surface area (Å²) in [6.45, 7) is 3.81. The van der Waals surface area contributed by atoms with Crippen LogP contribution in [0.1, 0.15) is 24.1 Å². The SMILES string of the molecule is CCc1nnc(SCC(=O)Nc2ccccc2C(F)(F)F)c2cc3oc(C)cc3n12. The van der Waals surface area contributed by atoms with E-state index in [9.17, 15) is 18.0 Å². The number of nitrogens with one attached hydrogen (secondary N) is 1. The van der Waals surface area contributed by atoms with Crippen molar-refractivity contribution in [1.29, 1.82) is 0 Å². The standard InChI is InChI=1S/C20H17F3N4O2S/c1-3-17-25-26-19(15-9-16-14(27(15)17)8-11(2)29-16)30-10-18(28)24-13-7-5-4-6-12(13)20(21,22)23/h4-9H,3,10H2,1-2H3,(H,24,28). The summed E-state index contributed by atoms with van der Waals surface area (Å²) in [4.78, 5) is 12.3. The van der Waals surface area contributed by atoms with Crippen molar-refractivity contribution in [3.8, 4) is 0 Å². The summed E-state index contributed by atoms with van der Waals surface area (Å²) in [7, 11) is 0. The molecule has 0 aliphatic rings. The smallest absolute Gasteiger partial charge is 0.418 e. The van der Waals surface area contributed by atoms with E-state index < -0.39 is 17.6 Å². The quantitative estimate of drug-likeness (QED) is 0.443. The van der Waals surface area contributed by atoms with Crippen LogP contribution in [0, 0.1) is 6.92 Å². The fourth-order valence-electron chi connectivity index (χ4n) is 3.24. The zero-order valence-corrected chi connectivity index (χ0v) is 16.9. The van der Waals surface area contributed by atoms with Crippen LogP contribution in [0.5, 0.6) is 0 Å². The molecule has 3 heterocycles. The Hall–Kier alpha value is -3.01. The maximum atomic E-state index is 13.1. The molecule has 3 aromatic heterocycles. The third kappa shape index (κ3) is 3.74. The van der Waals surface area contributed by atoms with E-state index in [-0.39, 0.29) is 11.4 Å². The molecule has 0 aliphatic heterocycles. The predicted octanol–water partition coefficient (Wildman–Crippen LogP) is 5.10. The summed E-state index contributed by atoms with van der Waals surface area (Å²) < 4.78 is 46.9. The number of benzene rings is 1. The molecule has 30 heavy (non-hydrogen) atoms. The van der Waals surface area contributed by atoms with Crippen LogP contribution in [0.3, 0.4) is 0 Å². The maximum Gasteiger partial charge on any atom is 0.418 e. The highest BCUT2D eigenvalue weighted by molar-refractivity contribution is 8.00. The average Bonchev–Trinajstić information content (AvgIpc) is 3.22. The monoisotopic (exact) mass is 434 g/mol. The minimum absolute atomic E-state index is 0.117. The number of rotatable bonds is 5. The second-order valence-electron chi connectivity index (χ2n) is 6.63. The van der Waals surface area contributed by atoms with Gasteiger partial charge in [-0.2, -0.15) is 13.2 Å². The molecule has 1 amide bonds. The lowest BCUT2D eigenvalue weighted by Gasteiger charge is -2.13. The Labute approximate surface area is 173 Å². The van der Waals surface area contributed by atoms with Gasteiger partial charge >= 0.3 is 6.18 Å². The van der Waals surface area contributed by atoms with Crippen LogP contribution in [0.4, 0.5) is 18.9 Å². The number of halogens is 3. The number of fused-ring (bicyclic) bond motifs is 3. The van der Waals surface area contributed by atoms with Gasteiger partial charge in [0, 0.05) is 18.6 Å². The van der Waals surface area contributed by atoms with Gasteiger partial charge in [0.25, 0.3) is 0 Å². The molecule has 0 spiro atoms. The van der Waals surface area contributed by atoms with Gasteiger partial charge < -0.3 is 9.73 Å². The molecular weight excluding hydrogens is 417 g/mol. The van der Waals surface area contributed by atoms with E-state index in [1.54, 1.807) is 0 Å². The van der Waals surface area contributed by atoms with Crippen molar-refractivity contribution >= 4 is 40.0 Å². The molecule has 0 atom stereocenters. The summed E-state index contributed by atoms with van der Waals surface area (Å²) >= 11 is 1.10. The number of aryl methyl sites for hydroxylation is 2. The van der Waals surface area contributed by atoms with E-state index in [0.29, 0.717) is 17.0 Å². The number of nitrogens with zero attached hydrogens (tertiary/aromatic N) is 3. The number of anilines is 1. The number of aromatic nitrogens is 3. The number of thioether (sulfide) groups is 1. The van der Waals surface area contributed by atoms with Crippen molar-refractivity contribution in [3.63, 3.8) is 0 Å². The zero-order valence-electron chi connectivity index (χ0n) is 16.1. The molecule has 4 aromatic rings. The first-order chi connectivity index (χ1) is 14.3. The maximum absolute atomic E-state index is 13.1. The van der Waals surface area contributed by atoms with E-state index in [4.69, 9.17) is 4.42 Å². The number of carbonyl (C=O) groups excluding carboxylic acids is 1. The zero-order chi connectivity index (χ0) is 21.5. The highest BCUT2D eigenvalue weighted by Crippen LogP contribution is 2.35. The predicted molar refractivity (Wildman–Crippen MR) is 108 cm³/mol. The highest BCUT2D eigenvalue weighted by atomic mass is 32.2. The molecule has 0 bridgehead atoms. The van der Waals surface area contributed by atoms with Gasteiger partial charge in [-0.3, -0.25) is 9.20 Å². The molecule has 0 saturated carbocycles. The number of furan rings is 1. The Bertz CT molecular complexity index is 1250. The molecule has 0 unspecified atom stereocenters. The van der Waals surface area contributed by atoms with E-state index in [0.717, 1.165) is 40.4 Å².